The van der Waals surface area contributed by atoms with Gasteiger partial charge in [0, 0.05) is 29.7 Å². The molecule has 0 radical (unpaired) electrons. The monoisotopic (exact) mass is 635 g/mol. The summed E-state index contributed by atoms with van der Waals surface area (Å²) in [5.74, 6) is -2.10. The topological polar surface area (TPSA) is 149 Å². The number of benzene rings is 3. The van der Waals surface area contributed by atoms with Crippen LogP contribution >= 0.6 is 7.60 Å². The van der Waals surface area contributed by atoms with E-state index in [9.17, 15) is 28.8 Å². The van der Waals surface area contributed by atoms with E-state index in [0.717, 1.165) is 0 Å². The summed E-state index contributed by atoms with van der Waals surface area (Å²) < 4.78 is 45.0. The quantitative estimate of drug-likeness (QED) is 0.115. The lowest BCUT2D eigenvalue weighted by atomic mass is 10.0. The lowest BCUT2D eigenvalue weighted by Crippen LogP contribution is -2.29. The summed E-state index contributed by atoms with van der Waals surface area (Å²) in [5.41, 5.74) is 0.875. The zero-order chi connectivity index (χ0) is 32.1. The predicted molar refractivity (Wildman–Crippen MR) is 165 cm³/mol. The summed E-state index contributed by atoms with van der Waals surface area (Å²) in [7, 11) is -4.01. The number of fused-ring (bicyclic) bond motifs is 2. The number of halogens is 1. The summed E-state index contributed by atoms with van der Waals surface area (Å²) in [6, 6.07) is 17.2. The highest BCUT2D eigenvalue weighted by Crippen LogP contribution is 2.49. The van der Waals surface area contributed by atoms with Crippen LogP contribution in [-0.4, -0.2) is 57.1 Å². The number of phenols is 1. The number of rotatable bonds is 12. The number of phenolic OH excluding ortho intramolecular Hbond substituents is 1. The second-order valence-corrected chi connectivity index (χ2v) is 12.2. The lowest BCUT2D eigenvalue weighted by Gasteiger charge is -2.22. The summed E-state index contributed by atoms with van der Waals surface area (Å²) in [4.78, 5) is 30.2. The lowest BCUT2D eigenvalue weighted by molar-refractivity contribution is -0.150. The maximum Gasteiger partial charge on any atom is 0.381 e. The molecule has 3 aromatic carbocycles. The van der Waals surface area contributed by atoms with Gasteiger partial charge in [-0.2, -0.15) is 0 Å². The second-order valence-electron chi connectivity index (χ2n) is 10.1. The van der Waals surface area contributed by atoms with E-state index in [2.05, 4.69) is 10.3 Å². The van der Waals surface area contributed by atoms with Gasteiger partial charge in [-0.1, -0.05) is 36.4 Å². The number of amides is 1. The number of aromatic hydroxyl groups is 2. The van der Waals surface area contributed by atoms with Gasteiger partial charge in [-0.25, -0.2) is 13.8 Å². The molecule has 2 aromatic heterocycles. The largest absolute Gasteiger partial charge is 0.505 e. The highest BCUT2D eigenvalue weighted by molar-refractivity contribution is 7.54. The van der Waals surface area contributed by atoms with Crippen molar-refractivity contribution in [2.45, 2.75) is 26.5 Å². The number of carbonyl (C=O) groups is 2. The van der Waals surface area contributed by atoms with Gasteiger partial charge in [-0.05, 0) is 49.7 Å². The molecule has 0 aliphatic rings. The zero-order valence-corrected chi connectivity index (χ0v) is 25.4. The Balaban J connectivity index is 1.45. The zero-order valence-electron chi connectivity index (χ0n) is 24.5. The van der Waals surface area contributed by atoms with Crippen LogP contribution < -0.4 is 9.84 Å². The molecule has 1 amide bonds. The summed E-state index contributed by atoms with van der Waals surface area (Å²) >= 11 is 0. The van der Waals surface area contributed by atoms with Gasteiger partial charge in [-0.3, -0.25) is 14.3 Å². The maximum atomic E-state index is 13.8. The van der Waals surface area contributed by atoms with Crippen LogP contribution in [0, 0.1) is 5.82 Å². The van der Waals surface area contributed by atoms with Gasteiger partial charge in [0.05, 0.1) is 30.3 Å². The van der Waals surface area contributed by atoms with Crippen molar-refractivity contribution in [2.75, 3.05) is 19.3 Å². The molecule has 0 spiro atoms. The van der Waals surface area contributed by atoms with Crippen LogP contribution in [0.2, 0.25) is 0 Å². The Morgan fingerprint density at radius 1 is 1.04 bits per heavy atom. The number of ether oxygens (including phenoxy) is 1. The minimum atomic E-state index is -4.01. The van der Waals surface area contributed by atoms with E-state index in [1.807, 2.05) is 0 Å². The molecule has 5 aromatic rings. The van der Waals surface area contributed by atoms with Crippen LogP contribution in [-0.2, 0) is 25.2 Å². The van der Waals surface area contributed by atoms with E-state index in [0.29, 0.717) is 10.9 Å². The van der Waals surface area contributed by atoms with Crippen molar-refractivity contribution in [2.24, 2.45) is 0 Å². The highest BCUT2D eigenvalue weighted by atomic mass is 31.2. The van der Waals surface area contributed by atoms with E-state index in [1.54, 1.807) is 61.5 Å². The smallest absolute Gasteiger partial charge is 0.381 e. The SMILES string of the molecule is CCOC(=O)[C@H](C)OP(=O)(CCNC(=O)c1c2cccnc2c(O)c2c(O)n(Cc3ccc(F)cc3)cc12)Oc1ccccc1. The van der Waals surface area contributed by atoms with Gasteiger partial charge in [-0.15, -0.1) is 0 Å². The van der Waals surface area contributed by atoms with Gasteiger partial charge < -0.3 is 29.4 Å². The number of nitrogens with zero attached hydrogens (tertiary/aromatic N) is 2. The molecule has 2 atom stereocenters. The number of para-hydroxylation sites is 1. The van der Waals surface area contributed by atoms with Crippen LogP contribution in [0.3, 0.4) is 0 Å². The highest BCUT2D eigenvalue weighted by Gasteiger charge is 2.33. The fourth-order valence-electron chi connectivity index (χ4n) is 4.88. The summed E-state index contributed by atoms with van der Waals surface area (Å²) in [5, 5.41) is 25.5. The first-order valence-corrected chi connectivity index (χ1v) is 15.9. The first-order chi connectivity index (χ1) is 21.6. The minimum Gasteiger partial charge on any atom is -0.505 e. The molecule has 0 bridgehead atoms. The predicted octanol–water partition coefficient (Wildman–Crippen LogP) is 5.76. The molecule has 0 fully saturated rings. The average Bonchev–Trinajstić information content (AvgIpc) is 3.34. The number of aromatic nitrogens is 2. The van der Waals surface area contributed by atoms with E-state index < -0.39 is 31.4 Å². The maximum absolute atomic E-state index is 13.8. The van der Waals surface area contributed by atoms with Crippen molar-refractivity contribution < 1.29 is 42.5 Å². The molecule has 5 rings (SSSR count). The number of hydrogen-bond donors (Lipinski definition) is 3. The first-order valence-electron chi connectivity index (χ1n) is 14.1. The average molecular weight is 636 g/mol. The van der Waals surface area contributed by atoms with E-state index in [4.69, 9.17) is 13.8 Å². The van der Waals surface area contributed by atoms with Gasteiger partial charge in [0.1, 0.15) is 17.1 Å². The molecule has 0 saturated heterocycles. The number of hydrogen-bond acceptors (Lipinski definition) is 9. The Morgan fingerprint density at radius 2 is 1.78 bits per heavy atom. The number of pyridine rings is 1. The van der Waals surface area contributed by atoms with E-state index in [-0.39, 0.29) is 65.1 Å². The third-order valence-corrected chi connectivity index (χ3v) is 8.84. The minimum absolute atomic E-state index is 0.0122. The summed E-state index contributed by atoms with van der Waals surface area (Å²) in [6.07, 6.45) is 1.46. The van der Waals surface area contributed by atoms with Gasteiger partial charge >= 0.3 is 13.6 Å². The molecule has 3 N–H and O–H groups in total. The molecule has 13 heteroatoms. The Hall–Kier alpha value is -4.93. The molecule has 234 valence electrons. The standard InChI is InChI=1S/C32H31FN3O8P/c1-3-42-32(40)20(2)43-45(41,44-23-8-5-4-6-9-23)17-16-35-30(38)26-24-10-7-15-34-28(24)29(37)27-25(26)19-36(31(27)39)18-21-11-13-22(33)14-12-21/h4-15,19-20,37,39H,3,16-18H2,1-2H3,(H,35,38)/t20-,45?/m0/s1. The van der Waals surface area contributed by atoms with Gasteiger partial charge in [0.15, 0.2) is 11.9 Å². The molecule has 2 heterocycles. The fraction of sp³-hybridized carbons (Fsp3) is 0.219. The molecular formula is C32H31FN3O8P. The second kappa shape index (κ2) is 13.4. The molecule has 0 saturated carbocycles. The number of esters is 1. The Labute approximate surface area is 257 Å². The van der Waals surface area contributed by atoms with Crippen LogP contribution in [0.4, 0.5) is 4.39 Å². The van der Waals surface area contributed by atoms with Crippen LogP contribution in [0.25, 0.3) is 21.7 Å². The normalized spacial score (nSPS) is 13.3. The fourth-order valence-corrected chi connectivity index (χ4v) is 6.52. The third-order valence-electron chi connectivity index (χ3n) is 6.95. The van der Waals surface area contributed by atoms with E-state index >= 15 is 0 Å². The van der Waals surface area contributed by atoms with Crippen LogP contribution in [0.1, 0.15) is 29.8 Å². The van der Waals surface area contributed by atoms with Crippen molar-refractivity contribution in [3.63, 3.8) is 0 Å². The molecule has 45 heavy (non-hydrogen) atoms. The van der Waals surface area contributed by atoms with Crippen LogP contribution in [0.5, 0.6) is 17.4 Å². The van der Waals surface area contributed by atoms with E-state index in [1.165, 1.54) is 36.0 Å². The van der Waals surface area contributed by atoms with Crippen molar-refractivity contribution in [1.82, 2.24) is 14.9 Å². The Morgan fingerprint density at radius 3 is 2.49 bits per heavy atom. The molecule has 11 nitrogen and oxygen atoms in total. The first kappa shape index (κ1) is 31.5. The molecule has 0 aliphatic carbocycles. The Kier molecular flexibility index (Phi) is 9.36. The van der Waals surface area contributed by atoms with Crippen molar-refractivity contribution in [1.29, 1.82) is 0 Å². The Bertz CT molecular complexity index is 1900. The van der Waals surface area contributed by atoms with Crippen molar-refractivity contribution >= 4 is 41.1 Å². The number of nitrogens with one attached hydrogen (secondary N) is 1. The molecule has 1 unspecified atom stereocenters. The molecular weight excluding hydrogens is 604 g/mol. The van der Waals surface area contributed by atoms with Gasteiger partial charge in [0.25, 0.3) is 5.91 Å². The third kappa shape index (κ3) is 6.92. The van der Waals surface area contributed by atoms with Crippen molar-refractivity contribution in [3.8, 4) is 17.4 Å². The van der Waals surface area contributed by atoms with Crippen molar-refractivity contribution in [3.05, 3.63) is 96.1 Å². The van der Waals surface area contributed by atoms with Gasteiger partial charge in [0.2, 0.25) is 5.88 Å². The van der Waals surface area contributed by atoms with Crippen LogP contribution in [0.15, 0.2) is 79.1 Å². The molecule has 0 aliphatic heterocycles. The summed E-state index contributed by atoms with van der Waals surface area (Å²) in [6.45, 7) is 3.08. The number of carbonyl (C=O) groups excluding carboxylic acids is 2.